The number of hydrogen-bond acceptors (Lipinski definition) is 0. The van der Waals surface area contributed by atoms with Gasteiger partial charge in [-0.05, 0) is 25.7 Å². The Kier molecular flexibility index (Phi) is 4.42. The summed E-state index contributed by atoms with van der Waals surface area (Å²) in [6.07, 6.45) is 10.5. The van der Waals surface area contributed by atoms with Gasteiger partial charge in [0.2, 0.25) is 0 Å². The molecular formula is C10H16N+. The van der Waals surface area contributed by atoms with E-state index in [-0.39, 0.29) is 0 Å². The maximum atomic E-state index is 5.26. The van der Waals surface area contributed by atoms with Crippen molar-refractivity contribution in [2.24, 2.45) is 0 Å². The van der Waals surface area contributed by atoms with Crippen LogP contribution < -0.4 is 0 Å². The number of quaternary nitrogens is 1. The van der Waals surface area contributed by atoms with E-state index < -0.39 is 0 Å². The van der Waals surface area contributed by atoms with Gasteiger partial charge in [0.25, 0.3) is 0 Å². The molecule has 0 unspecified atom stereocenters. The van der Waals surface area contributed by atoms with E-state index >= 15 is 0 Å². The largest absolute Gasteiger partial charge is 0.304 e. The van der Waals surface area contributed by atoms with Gasteiger partial charge in [0.05, 0.1) is 13.1 Å². The lowest BCUT2D eigenvalue weighted by molar-refractivity contribution is -0.911. The summed E-state index contributed by atoms with van der Waals surface area (Å²) < 4.78 is 0.854. The summed E-state index contributed by atoms with van der Waals surface area (Å²) in [5.41, 5.74) is 0. The summed E-state index contributed by atoms with van der Waals surface area (Å²) in [5, 5.41) is 0. The molecule has 0 aliphatic heterocycles. The van der Waals surface area contributed by atoms with Crippen molar-refractivity contribution in [3.05, 3.63) is 0 Å². The van der Waals surface area contributed by atoms with Gasteiger partial charge in [-0.25, -0.2) is 0 Å². The second-order valence-corrected chi connectivity index (χ2v) is 2.70. The Morgan fingerprint density at radius 2 is 1.36 bits per heavy atom. The smallest absolute Gasteiger partial charge is 0.141 e. The molecule has 0 fully saturated rings. The predicted octanol–water partition coefficient (Wildman–Crippen LogP) is 1.11. The van der Waals surface area contributed by atoms with Crippen molar-refractivity contribution in [2.75, 3.05) is 26.2 Å². The van der Waals surface area contributed by atoms with E-state index in [0.29, 0.717) is 0 Å². The summed E-state index contributed by atoms with van der Waals surface area (Å²) in [6, 6.07) is 0. The van der Waals surface area contributed by atoms with E-state index in [0.717, 1.165) is 30.7 Å². The molecule has 0 N–H and O–H groups in total. The van der Waals surface area contributed by atoms with Gasteiger partial charge in [0.15, 0.2) is 0 Å². The minimum absolute atomic E-state index is 0.747. The van der Waals surface area contributed by atoms with Gasteiger partial charge in [-0.1, -0.05) is 0 Å². The molecule has 0 aliphatic carbocycles. The van der Waals surface area contributed by atoms with Crippen LogP contribution in [0.25, 0.3) is 0 Å². The van der Waals surface area contributed by atoms with Crippen LogP contribution in [0.15, 0.2) is 0 Å². The first-order valence-corrected chi connectivity index (χ1v) is 3.96. The normalized spacial score (nSPS) is 10.2. The van der Waals surface area contributed by atoms with Crippen molar-refractivity contribution >= 4 is 0 Å². The van der Waals surface area contributed by atoms with Gasteiger partial charge in [-0.15, -0.1) is 12.8 Å². The molecule has 0 spiro atoms. The maximum Gasteiger partial charge on any atom is 0.141 e. The molecule has 0 aliphatic rings. The summed E-state index contributed by atoms with van der Waals surface area (Å²) >= 11 is 0. The van der Waals surface area contributed by atoms with Crippen molar-refractivity contribution in [3.63, 3.8) is 0 Å². The topological polar surface area (TPSA) is 0 Å². The van der Waals surface area contributed by atoms with Crippen molar-refractivity contribution in [3.8, 4) is 24.7 Å². The second-order valence-electron chi connectivity index (χ2n) is 2.70. The van der Waals surface area contributed by atoms with Crippen LogP contribution in [0.3, 0.4) is 0 Å². The Morgan fingerprint density at radius 1 is 1.00 bits per heavy atom. The SMILES string of the molecule is C#CC[N+](CC)(CC)CC#C. The van der Waals surface area contributed by atoms with Crippen LogP contribution >= 0.6 is 0 Å². The summed E-state index contributed by atoms with van der Waals surface area (Å²) in [5.74, 6) is 5.34. The van der Waals surface area contributed by atoms with E-state index in [1.54, 1.807) is 0 Å². The highest BCUT2D eigenvalue weighted by molar-refractivity contribution is 4.88. The fraction of sp³-hybridized carbons (Fsp3) is 0.600. The minimum Gasteiger partial charge on any atom is -0.304 e. The number of rotatable bonds is 4. The summed E-state index contributed by atoms with van der Waals surface area (Å²) in [4.78, 5) is 0. The van der Waals surface area contributed by atoms with Crippen molar-refractivity contribution in [1.82, 2.24) is 0 Å². The first-order valence-electron chi connectivity index (χ1n) is 3.96. The van der Waals surface area contributed by atoms with Crippen LogP contribution in [0.5, 0.6) is 0 Å². The van der Waals surface area contributed by atoms with Gasteiger partial charge >= 0.3 is 0 Å². The minimum atomic E-state index is 0.747. The Morgan fingerprint density at radius 3 is 1.55 bits per heavy atom. The molecule has 1 nitrogen and oxygen atoms in total. The zero-order valence-corrected chi connectivity index (χ0v) is 7.43. The highest BCUT2D eigenvalue weighted by Gasteiger charge is 2.19. The zero-order valence-electron chi connectivity index (χ0n) is 7.43. The highest BCUT2D eigenvalue weighted by atomic mass is 15.3. The van der Waals surface area contributed by atoms with E-state index in [9.17, 15) is 0 Å². The standard InChI is InChI=1S/C10H16N/c1-5-9-11(7-3,8-4)10-6-2/h1-2H,7-10H2,3-4H3/q+1. The molecule has 0 heterocycles. The third kappa shape index (κ3) is 2.66. The molecule has 1 heteroatoms. The summed E-state index contributed by atoms with van der Waals surface area (Å²) in [7, 11) is 0. The summed E-state index contributed by atoms with van der Waals surface area (Å²) in [6.45, 7) is 7.78. The van der Waals surface area contributed by atoms with Crippen LogP contribution in [0.4, 0.5) is 0 Å². The second kappa shape index (κ2) is 4.83. The molecule has 60 valence electrons. The molecule has 0 atom stereocenters. The molecule has 0 bridgehead atoms. The first kappa shape index (κ1) is 10.1. The molecule has 0 aromatic heterocycles. The molecule has 0 amide bonds. The molecular weight excluding hydrogens is 134 g/mol. The third-order valence-corrected chi connectivity index (χ3v) is 2.20. The average Bonchev–Trinajstić information content (AvgIpc) is 2.04. The highest BCUT2D eigenvalue weighted by Crippen LogP contribution is 2.03. The van der Waals surface area contributed by atoms with Crippen LogP contribution in [0.1, 0.15) is 13.8 Å². The first-order chi connectivity index (χ1) is 5.24. The van der Waals surface area contributed by atoms with Gasteiger partial charge < -0.3 is 4.48 Å². The quantitative estimate of drug-likeness (QED) is 0.416. The molecule has 0 aromatic rings. The van der Waals surface area contributed by atoms with Gasteiger partial charge in [-0.3, -0.25) is 0 Å². The lowest BCUT2D eigenvalue weighted by Gasteiger charge is -2.32. The van der Waals surface area contributed by atoms with Crippen LogP contribution in [-0.2, 0) is 0 Å². The van der Waals surface area contributed by atoms with E-state index in [1.165, 1.54) is 0 Å². The van der Waals surface area contributed by atoms with E-state index in [2.05, 4.69) is 25.7 Å². The number of nitrogens with zero attached hydrogens (tertiary/aromatic N) is 1. The van der Waals surface area contributed by atoms with Gasteiger partial charge in [-0.2, -0.15) is 0 Å². The van der Waals surface area contributed by atoms with E-state index in [1.807, 2.05) is 0 Å². The molecule has 0 rings (SSSR count). The van der Waals surface area contributed by atoms with Crippen LogP contribution in [-0.4, -0.2) is 30.7 Å². The van der Waals surface area contributed by atoms with Crippen LogP contribution in [0.2, 0.25) is 0 Å². The third-order valence-electron chi connectivity index (χ3n) is 2.20. The Bertz CT molecular complexity index is 158. The fourth-order valence-corrected chi connectivity index (χ4v) is 1.11. The molecule has 0 saturated carbocycles. The molecule has 0 radical (unpaired) electrons. The van der Waals surface area contributed by atoms with Crippen molar-refractivity contribution in [2.45, 2.75) is 13.8 Å². The number of terminal acetylenes is 2. The Hall–Kier alpha value is -0.920. The van der Waals surface area contributed by atoms with Gasteiger partial charge in [0.1, 0.15) is 13.1 Å². The Balaban J connectivity index is 4.25. The zero-order chi connectivity index (χ0) is 8.74. The fourth-order valence-electron chi connectivity index (χ4n) is 1.11. The number of hydrogen-bond donors (Lipinski definition) is 0. The lowest BCUT2D eigenvalue weighted by Crippen LogP contribution is -2.48. The van der Waals surface area contributed by atoms with Crippen molar-refractivity contribution in [1.29, 1.82) is 0 Å². The van der Waals surface area contributed by atoms with Crippen molar-refractivity contribution < 1.29 is 4.48 Å². The maximum absolute atomic E-state index is 5.26. The lowest BCUT2D eigenvalue weighted by atomic mass is 10.3. The predicted molar refractivity (Wildman–Crippen MR) is 48.7 cm³/mol. The van der Waals surface area contributed by atoms with E-state index in [4.69, 9.17) is 12.8 Å². The average molecular weight is 150 g/mol. The molecule has 0 saturated heterocycles. The Labute approximate surface area is 70.0 Å². The molecule has 11 heavy (non-hydrogen) atoms. The van der Waals surface area contributed by atoms with Crippen LogP contribution in [0, 0.1) is 24.7 Å². The monoisotopic (exact) mass is 150 g/mol. The molecule has 0 aromatic carbocycles. The van der Waals surface area contributed by atoms with Gasteiger partial charge in [0, 0.05) is 0 Å².